The first-order chi connectivity index (χ1) is 13.6. The number of allylic oxidation sites excluding steroid dienone is 2. The Labute approximate surface area is 170 Å². The van der Waals surface area contributed by atoms with Crippen molar-refractivity contribution in [3.05, 3.63) is 23.8 Å². The van der Waals surface area contributed by atoms with Gasteiger partial charge in [0, 0.05) is 13.8 Å². The lowest BCUT2D eigenvalue weighted by Gasteiger charge is -2.41. The third-order valence-corrected chi connectivity index (χ3v) is 4.29. The van der Waals surface area contributed by atoms with E-state index in [1.807, 2.05) is 6.08 Å². The summed E-state index contributed by atoms with van der Waals surface area (Å²) in [6, 6.07) is 0. The standard InChI is InChI=1S/C20H30O9/c1-12(6-5-7-13(2)10-21)8-9-26-20-19(28-15(4)23)18(25)17(24)16(29-20)11-27-14(3)22/h7,10,16-20,24-25H,1,5-6,8-9,11H2,2-4H3/b13-7+/t16-,17-,18+,19-,20-/m1/s1. The molecule has 1 rings (SSSR count). The van der Waals surface area contributed by atoms with Crippen molar-refractivity contribution >= 4 is 18.2 Å². The Kier molecular flexibility index (Phi) is 10.7. The first-order valence-electron chi connectivity index (χ1n) is 9.38. The molecule has 5 atom stereocenters. The van der Waals surface area contributed by atoms with Crippen molar-refractivity contribution in [2.45, 2.75) is 70.7 Å². The van der Waals surface area contributed by atoms with Crippen LogP contribution < -0.4 is 0 Å². The Morgan fingerprint density at radius 3 is 2.38 bits per heavy atom. The number of carbonyl (C=O) groups excluding carboxylic acids is 3. The van der Waals surface area contributed by atoms with Crippen molar-refractivity contribution < 1.29 is 43.5 Å². The van der Waals surface area contributed by atoms with Crippen molar-refractivity contribution in [1.82, 2.24) is 0 Å². The summed E-state index contributed by atoms with van der Waals surface area (Å²) in [5.41, 5.74) is 1.54. The van der Waals surface area contributed by atoms with Crippen LogP contribution in [0.4, 0.5) is 0 Å². The molecule has 9 nitrogen and oxygen atoms in total. The molecule has 0 amide bonds. The lowest BCUT2D eigenvalue weighted by atomic mass is 9.99. The molecule has 0 spiro atoms. The smallest absolute Gasteiger partial charge is 0.303 e. The zero-order valence-electron chi connectivity index (χ0n) is 17.0. The molecule has 1 fully saturated rings. The Morgan fingerprint density at radius 1 is 1.10 bits per heavy atom. The van der Waals surface area contributed by atoms with Crippen LogP contribution in [0.1, 0.15) is 40.0 Å². The number of ether oxygens (including phenoxy) is 4. The fraction of sp³-hybridized carbons (Fsp3) is 0.650. The topological polar surface area (TPSA) is 129 Å². The number of rotatable bonds is 11. The van der Waals surface area contributed by atoms with Crippen LogP contribution in [0.25, 0.3) is 0 Å². The zero-order chi connectivity index (χ0) is 22.0. The van der Waals surface area contributed by atoms with Crippen molar-refractivity contribution in [1.29, 1.82) is 0 Å². The molecule has 0 unspecified atom stereocenters. The second-order valence-corrected chi connectivity index (χ2v) is 6.88. The van der Waals surface area contributed by atoms with Gasteiger partial charge in [0.1, 0.15) is 31.2 Å². The molecule has 1 saturated heterocycles. The van der Waals surface area contributed by atoms with Crippen LogP contribution in [0.2, 0.25) is 0 Å². The van der Waals surface area contributed by atoms with Gasteiger partial charge in [0.2, 0.25) is 0 Å². The third kappa shape index (κ3) is 8.86. The number of aliphatic hydroxyl groups excluding tert-OH is 2. The highest BCUT2D eigenvalue weighted by atomic mass is 16.7. The van der Waals surface area contributed by atoms with E-state index in [1.165, 1.54) is 6.92 Å². The third-order valence-electron chi connectivity index (χ3n) is 4.29. The highest BCUT2D eigenvalue weighted by molar-refractivity contribution is 5.71. The number of hydrogen-bond donors (Lipinski definition) is 2. The van der Waals surface area contributed by atoms with Crippen LogP contribution in [0.3, 0.4) is 0 Å². The maximum absolute atomic E-state index is 11.3. The van der Waals surface area contributed by atoms with Gasteiger partial charge in [0.25, 0.3) is 0 Å². The van der Waals surface area contributed by atoms with Gasteiger partial charge < -0.3 is 29.2 Å². The SMILES string of the molecule is C=C(CC/C=C(\C)C=O)CCO[C@@H]1O[C@H](COC(C)=O)[C@@H](O)[C@H](O)[C@H]1OC(C)=O. The van der Waals surface area contributed by atoms with E-state index in [-0.39, 0.29) is 13.2 Å². The van der Waals surface area contributed by atoms with E-state index in [1.54, 1.807) is 6.92 Å². The normalized spacial score (nSPS) is 27.2. The molecule has 0 aromatic heterocycles. The second-order valence-electron chi connectivity index (χ2n) is 6.88. The minimum Gasteiger partial charge on any atom is -0.463 e. The van der Waals surface area contributed by atoms with Crippen LogP contribution in [0.5, 0.6) is 0 Å². The molecule has 0 aromatic rings. The largest absolute Gasteiger partial charge is 0.463 e. The predicted molar refractivity (Wildman–Crippen MR) is 102 cm³/mol. The van der Waals surface area contributed by atoms with Crippen LogP contribution in [-0.4, -0.2) is 72.4 Å². The number of aliphatic hydroxyl groups is 2. The summed E-state index contributed by atoms with van der Waals surface area (Å²) in [5, 5.41) is 20.5. The fourth-order valence-electron chi connectivity index (χ4n) is 2.69. The van der Waals surface area contributed by atoms with Crippen LogP contribution in [-0.2, 0) is 33.3 Å². The maximum atomic E-state index is 11.3. The Morgan fingerprint density at radius 2 is 1.79 bits per heavy atom. The molecule has 164 valence electrons. The average Bonchev–Trinajstić information content (AvgIpc) is 2.65. The van der Waals surface area contributed by atoms with E-state index < -0.39 is 42.6 Å². The van der Waals surface area contributed by atoms with Gasteiger partial charge in [-0.1, -0.05) is 18.2 Å². The summed E-state index contributed by atoms with van der Waals surface area (Å²) in [7, 11) is 0. The molecule has 9 heteroatoms. The average molecular weight is 414 g/mol. The van der Waals surface area contributed by atoms with Gasteiger partial charge in [0.05, 0.1) is 6.61 Å². The van der Waals surface area contributed by atoms with Gasteiger partial charge in [-0.2, -0.15) is 0 Å². The molecule has 1 aliphatic heterocycles. The molecule has 0 bridgehead atoms. The summed E-state index contributed by atoms with van der Waals surface area (Å²) < 4.78 is 21.1. The van der Waals surface area contributed by atoms with Crippen molar-refractivity contribution in [3.63, 3.8) is 0 Å². The van der Waals surface area contributed by atoms with Crippen molar-refractivity contribution in [2.75, 3.05) is 13.2 Å². The van der Waals surface area contributed by atoms with E-state index in [9.17, 15) is 24.6 Å². The van der Waals surface area contributed by atoms with E-state index in [2.05, 4.69) is 6.58 Å². The molecule has 2 N–H and O–H groups in total. The molecular formula is C20H30O9. The van der Waals surface area contributed by atoms with Gasteiger partial charge in [-0.05, 0) is 31.8 Å². The molecule has 0 aromatic carbocycles. The van der Waals surface area contributed by atoms with Gasteiger partial charge in [-0.3, -0.25) is 14.4 Å². The molecule has 0 saturated carbocycles. The molecular weight excluding hydrogens is 384 g/mol. The summed E-state index contributed by atoms with van der Waals surface area (Å²) >= 11 is 0. The minimum atomic E-state index is -1.47. The zero-order valence-corrected chi connectivity index (χ0v) is 17.0. The summed E-state index contributed by atoms with van der Waals surface area (Å²) in [4.78, 5) is 32.9. The maximum Gasteiger partial charge on any atom is 0.303 e. The van der Waals surface area contributed by atoms with Crippen molar-refractivity contribution in [3.8, 4) is 0 Å². The minimum absolute atomic E-state index is 0.167. The first-order valence-corrected chi connectivity index (χ1v) is 9.38. The van der Waals surface area contributed by atoms with Gasteiger partial charge >= 0.3 is 11.9 Å². The van der Waals surface area contributed by atoms with Crippen molar-refractivity contribution in [2.24, 2.45) is 0 Å². The lowest BCUT2D eigenvalue weighted by Crippen LogP contribution is -2.60. The first kappa shape index (κ1) is 25.0. The molecule has 1 heterocycles. The van der Waals surface area contributed by atoms with Gasteiger partial charge in [0.15, 0.2) is 12.4 Å². The highest BCUT2D eigenvalue weighted by Crippen LogP contribution is 2.25. The highest BCUT2D eigenvalue weighted by Gasteiger charge is 2.47. The van der Waals surface area contributed by atoms with Gasteiger partial charge in [-0.15, -0.1) is 0 Å². The monoisotopic (exact) mass is 414 g/mol. The number of hydrogen-bond acceptors (Lipinski definition) is 9. The van der Waals surface area contributed by atoms with Crippen LogP contribution in [0.15, 0.2) is 23.8 Å². The predicted octanol–water partition coefficient (Wildman–Crippen LogP) is 0.816. The summed E-state index contributed by atoms with van der Waals surface area (Å²) in [5.74, 6) is -1.23. The van der Waals surface area contributed by atoms with E-state index in [4.69, 9.17) is 18.9 Å². The Hall–Kier alpha value is -2.07. The number of esters is 2. The lowest BCUT2D eigenvalue weighted by molar-refractivity contribution is -0.304. The second kappa shape index (κ2) is 12.5. The Balaban J connectivity index is 2.64. The van der Waals surface area contributed by atoms with E-state index >= 15 is 0 Å². The number of aldehydes is 1. The van der Waals surface area contributed by atoms with Crippen LogP contribution >= 0.6 is 0 Å². The molecule has 0 aliphatic carbocycles. The van der Waals surface area contributed by atoms with Crippen LogP contribution in [0, 0.1) is 0 Å². The number of carbonyl (C=O) groups is 3. The quantitative estimate of drug-likeness (QED) is 0.218. The van der Waals surface area contributed by atoms with E-state index in [0.717, 1.165) is 18.8 Å². The Bertz CT molecular complexity index is 611. The van der Waals surface area contributed by atoms with Gasteiger partial charge in [-0.25, -0.2) is 0 Å². The summed E-state index contributed by atoms with van der Waals surface area (Å²) in [6.45, 7) is 7.93. The summed E-state index contributed by atoms with van der Waals surface area (Å²) in [6.07, 6.45) is -1.90. The molecule has 0 radical (unpaired) electrons. The van der Waals surface area contributed by atoms with E-state index in [0.29, 0.717) is 24.8 Å². The molecule has 1 aliphatic rings. The molecule has 29 heavy (non-hydrogen) atoms. The fourth-order valence-corrected chi connectivity index (χ4v) is 2.69.